The van der Waals surface area contributed by atoms with Gasteiger partial charge in [-0.2, -0.15) is 9.90 Å². The molecule has 0 aliphatic heterocycles. The summed E-state index contributed by atoms with van der Waals surface area (Å²) in [5.41, 5.74) is 2.74. The summed E-state index contributed by atoms with van der Waals surface area (Å²) in [5.74, 6) is -1.16. The largest absolute Gasteiger partial charge is 0.448 e. The molecule has 2 aromatic carbocycles. The molecule has 0 saturated heterocycles. The molecule has 0 spiro atoms. The Morgan fingerprint density at radius 1 is 1.11 bits per heavy atom. The number of ether oxygens (including phenoxy) is 1. The van der Waals surface area contributed by atoms with E-state index >= 15 is 0 Å². The first-order valence-corrected chi connectivity index (χ1v) is 8.99. The van der Waals surface area contributed by atoms with Gasteiger partial charge in [-0.15, -0.1) is 5.10 Å². The van der Waals surface area contributed by atoms with Gasteiger partial charge in [0.1, 0.15) is 0 Å². The molecular weight excluding hydrogens is 380 g/mol. The lowest BCUT2D eigenvalue weighted by atomic mass is 10.2. The molecule has 0 bridgehead atoms. The molecule has 1 atom stereocenters. The number of hydrogen-bond acceptors (Lipinski definition) is 5. The van der Waals surface area contributed by atoms with Crippen LogP contribution in [0.2, 0.25) is 5.02 Å². The topological polar surface area (TPSA) is 86.1 Å². The fourth-order valence-electron chi connectivity index (χ4n) is 2.43. The molecule has 0 aliphatic rings. The number of amides is 1. The van der Waals surface area contributed by atoms with Crippen molar-refractivity contribution < 1.29 is 14.3 Å². The van der Waals surface area contributed by atoms with Crippen molar-refractivity contribution in [1.29, 1.82) is 0 Å². The normalized spacial score (nSPS) is 11.7. The van der Waals surface area contributed by atoms with Crippen LogP contribution in [0.4, 0.5) is 5.69 Å². The van der Waals surface area contributed by atoms with E-state index in [2.05, 4.69) is 15.5 Å². The van der Waals surface area contributed by atoms with Gasteiger partial charge in [-0.25, -0.2) is 4.79 Å². The Hall–Kier alpha value is -3.19. The highest BCUT2D eigenvalue weighted by Crippen LogP contribution is 2.15. The summed E-state index contributed by atoms with van der Waals surface area (Å²) in [6.07, 6.45) is -0.996. The zero-order chi connectivity index (χ0) is 20.3. The molecule has 0 saturated carbocycles. The van der Waals surface area contributed by atoms with Crippen molar-refractivity contribution in [2.75, 3.05) is 5.32 Å². The van der Waals surface area contributed by atoms with E-state index in [-0.39, 0.29) is 5.69 Å². The van der Waals surface area contributed by atoms with Crippen LogP contribution in [0.1, 0.15) is 28.7 Å². The molecule has 1 amide bonds. The van der Waals surface area contributed by atoms with E-state index in [0.29, 0.717) is 22.1 Å². The highest BCUT2D eigenvalue weighted by Gasteiger charge is 2.23. The summed E-state index contributed by atoms with van der Waals surface area (Å²) in [6, 6.07) is 14.2. The lowest BCUT2D eigenvalue weighted by Crippen LogP contribution is -2.30. The minimum atomic E-state index is -0.996. The van der Waals surface area contributed by atoms with Gasteiger partial charge in [0.15, 0.2) is 11.8 Å². The number of aryl methyl sites for hydroxylation is 2. The summed E-state index contributed by atoms with van der Waals surface area (Å²) in [7, 11) is 0. The molecule has 1 N–H and O–H groups in total. The zero-order valence-corrected chi connectivity index (χ0v) is 16.4. The predicted molar refractivity (Wildman–Crippen MR) is 106 cm³/mol. The quantitative estimate of drug-likeness (QED) is 0.662. The van der Waals surface area contributed by atoms with Crippen LogP contribution in [0.25, 0.3) is 5.69 Å². The fraction of sp³-hybridized carbons (Fsp3) is 0.200. The summed E-state index contributed by atoms with van der Waals surface area (Å²) >= 11 is 5.98. The van der Waals surface area contributed by atoms with Crippen molar-refractivity contribution in [3.8, 4) is 5.69 Å². The van der Waals surface area contributed by atoms with Gasteiger partial charge in [0.05, 0.1) is 11.4 Å². The van der Waals surface area contributed by atoms with Crippen LogP contribution in [-0.2, 0) is 9.53 Å². The number of anilines is 1. The Morgan fingerprint density at radius 2 is 1.82 bits per heavy atom. The van der Waals surface area contributed by atoms with Gasteiger partial charge >= 0.3 is 5.97 Å². The van der Waals surface area contributed by atoms with Crippen LogP contribution in [0.15, 0.2) is 48.5 Å². The van der Waals surface area contributed by atoms with E-state index in [0.717, 1.165) is 5.56 Å². The number of rotatable bonds is 5. The summed E-state index contributed by atoms with van der Waals surface area (Å²) in [6.45, 7) is 5.09. The Kier molecular flexibility index (Phi) is 5.75. The second-order valence-corrected chi connectivity index (χ2v) is 6.74. The van der Waals surface area contributed by atoms with Crippen molar-refractivity contribution in [2.24, 2.45) is 0 Å². The van der Waals surface area contributed by atoms with Crippen molar-refractivity contribution in [3.63, 3.8) is 0 Å². The molecule has 144 valence electrons. The van der Waals surface area contributed by atoms with E-state index in [1.54, 1.807) is 43.3 Å². The molecule has 1 heterocycles. The third-order valence-corrected chi connectivity index (χ3v) is 4.22. The van der Waals surface area contributed by atoms with Gasteiger partial charge < -0.3 is 10.1 Å². The number of aromatic nitrogens is 3. The Balaban J connectivity index is 1.68. The standard InChI is InChI=1S/C20H19ClN4O3/c1-12-7-9-16(10-8-12)22-19(26)14(3)28-20(27)18-13(2)23-25(24-18)17-6-4-5-15(21)11-17/h4-11,14H,1-3H3,(H,22,26)/t14-/m1/s1. The van der Waals surface area contributed by atoms with Crippen LogP contribution in [-0.4, -0.2) is 33.0 Å². The number of nitrogens with zero attached hydrogens (tertiary/aromatic N) is 3. The van der Waals surface area contributed by atoms with Crippen LogP contribution < -0.4 is 5.32 Å². The Bertz CT molecular complexity index is 1010. The number of esters is 1. The summed E-state index contributed by atoms with van der Waals surface area (Å²) in [5, 5.41) is 11.6. The highest BCUT2D eigenvalue weighted by atomic mass is 35.5. The van der Waals surface area contributed by atoms with Crippen LogP contribution >= 0.6 is 11.6 Å². The predicted octanol–water partition coefficient (Wildman–Crippen LogP) is 3.72. The number of carbonyl (C=O) groups excluding carboxylic acids is 2. The molecular formula is C20H19ClN4O3. The van der Waals surface area contributed by atoms with E-state index in [1.165, 1.54) is 11.7 Å². The lowest BCUT2D eigenvalue weighted by molar-refractivity contribution is -0.123. The molecule has 3 aromatic rings. The monoisotopic (exact) mass is 398 g/mol. The number of carbonyl (C=O) groups is 2. The maximum absolute atomic E-state index is 12.4. The summed E-state index contributed by atoms with van der Waals surface area (Å²) < 4.78 is 5.26. The Morgan fingerprint density at radius 3 is 2.50 bits per heavy atom. The number of nitrogens with one attached hydrogen (secondary N) is 1. The maximum atomic E-state index is 12.4. The minimum Gasteiger partial charge on any atom is -0.448 e. The van der Waals surface area contributed by atoms with Gasteiger partial charge in [-0.1, -0.05) is 35.4 Å². The number of halogens is 1. The molecule has 8 heteroatoms. The maximum Gasteiger partial charge on any atom is 0.361 e. The molecule has 3 rings (SSSR count). The third kappa shape index (κ3) is 4.55. The smallest absolute Gasteiger partial charge is 0.361 e. The first-order valence-electron chi connectivity index (χ1n) is 8.62. The molecule has 0 aliphatic carbocycles. The molecule has 0 unspecified atom stereocenters. The lowest BCUT2D eigenvalue weighted by Gasteiger charge is -2.13. The van der Waals surface area contributed by atoms with E-state index in [1.807, 2.05) is 19.1 Å². The van der Waals surface area contributed by atoms with Gasteiger partial charge in [-0.05, 0) is 51.1 Å². The second kappa shape index (κ2) is 8.22. The SMILES string of the molecule is Cc1ccc(NC(=O)[C@@H](C)OC(=O)c2nn(-c3cccc(Cl)c3)nc2C)cc1. The van der Waals surface area contributed by atoms with Gasteiger partial charge in [0, 0.05) is 10.7 Å². The first kappa shape index (κ1) is 19.6. The summed E-state index contributed by atoms with van der Waals surface area (Å²) in [4.78, 5) is 26.0. The van der Waals surface area contributed by atoms with Gasteiger partial charge in [0.25, 0.3) is 5.91 Å². The zero-order valence-electron chi connectivity index (χ0n) is 15.6. The highest BCUT2D eigenvalue weighted by molar-refractivity contribution is 6.30. The van der Waals surface area contributed by atoms with Gasteiger partial charge in [-0.3, -0.25) is 4.79 Å². The van der Waals surface area contributed by atoms with Crippen molar-refractivity contribution >= 4 is 29.2 Å². The van der Waals surface area contributed by atoms with Crippen molar-refractivity contribution in [3.05, 3.63) is 70.5 Å². The molecule has 1 aromatic heterocycles. The van der Waals surface area contributed by atoms with Crippen LogP contribution in [0, 0.1) is 13.8 Å². The molecule has 0 fully saturated rings. The minimum absolute atomic E-state index is 0.0370. The number of benzene rings is 2. The first-order chi connectivity index (χ1) is 13.3. The number of hydrogen-bond donors (Lipinski definition) is 1. The molecule has 0 radical (unpaired) electrons. The fourth-order valence-corrected chi connectivity index (χ4v) is 2.62. The average Bonchev–Trinajstić information content (AvgIpc) is 3.05. The van der Waals surface area contributed by atoms with Crippen LogP contribution in [0.5, 0.6) is 0 Å². The average molecular weight is 399 g/mol. The Labute approximate surface area is 167 Å². The second-order valence-electron chi connectivity index (χ2n) is 6.31. The van der Waals surface area contributed by atoms with Crippen LogP contribution in [0.3, 0.4) is 0 Å². The van der Waals surface area contributed by atoms with E-state index < -0.39 is 18.0 Å². The van der Waals surface area contributed by atoms with Crippen molar-refractivity contribution in [2.45, 2.75) is 26.9 Å². The van der Waals surface area contributed by atoms with Crippen molar-refractivity contribution in [1.82, 2.24) is 15.0 Å². The third-order valence-electron chi connectivity index (χ3n) is 3.99. The van der Waals surface area contributed by atoms with E-state index in [9.17, 15) is 9.59 Å². The van der Waals surface area contributed by atoms with Gasteiger partial charge in [0.2, 0.25) is 0 Å². The molecule has 28 heavy (non-hydrogen) atoms. The van der Waals surface area contributed by atoms with E-state index in [4.69, 9.17) is 16.3 Å². The molecule has 7 nitrogen and oxygen atoms in total.